The maximum atomic E-state index is 12.1. The molecule has 1 saturated carbocycles. The number of ether oxygens (including phenoxy) is 1. The van der Waals surface area contributed by atoms with E-state index in [1.54, 1.807) is 0 Å². The van der Waals surface area contributed by atoms with Crippen molar-refractivity contribution in [3.05, 3.63) is 0 Å². The summed E-state index contributed by atoms with van der Waals surface area (Å²) in [4.78, 5) is 13.9. The van der Waals surface area contributed by atoms with E-state index in [0.29, 0.717) is 12.1 Å². The van der Waals surface area contributed by atoms with E-state index >= 15 is 0 Å². The summed E-state index contributed by atoms with van der Waals surface area (Å²) in [6, 6.07) is 1.25. The van der Waals surface area contributed by atoms with E-state index in [1.165, 1.54) is 25.7 Å². The summed E-state index contributed by atoms with van der Waals surface area (Å²) in [6.45, 7) is 7.39. The number of carbonyl (C=O) groups is 1. The van der Waals surface area contributed by atoms with Crippen LogP contribution in [-0.2, 0) is 4.74 Å². The van der Waals surface area contributed by atoms with Gasteiger partial charge >= 0.3 is 6.09 Å². The Labute approximate surface area is 139 Å². The van der Waals surface area contributed by atoms with Crippen LogP contribution in [0.3, 0.4) is 0 Å². The van der Waals surface area contributed by atoms with Gasteiger partial charge in [0.25, 0.3) is 0 Å². The van der Waals surface area contributed by atoms with Crippen molar-refractivity contribution in [1.29, 1.82) is 0 Å². The van der Waals surface area contributed by atoms with Gasteiger partial charge in [0, 0.05) is 30.4 Å². The molecule has 1 aliphatic heterocycles. The maximum absolute atomic E-state index is 12.1. The third kappa shape index (κ3) is 5.65. The average molecular weight is 329 g/mol. The number of hydrogen-bond donors (Lipinski definition) is 1. The van der Waals surface area contributed by atoms with Gasteiger partial charge in [-0.3, -0.25) is 0 Å². The van der Waals surface area contributed by atoms with E-state index in [0.717, 1.165) is 31.2 Å². The normalized spacial score (nSPS) is 27.7. The Morgan fingerprint density at radius 3 is 2.09 bits per heavy atom. The second-order valence-electron chi connectivity index (χ2n) is 7.62. The topological polar surface area (TPSA) is 41.6 Å². The van der Waals surface area contributed by atoms with Crippen LogP contribution in [0, 0.1) is 0 Å². The maximum Gasteiger partial charge on any atom is 0.410 e. The molecule has 2 aliphatic rings. The Balaban J connectivity index is 1.68. The molecule has 1 amide bonds. The van der Waals surface area contributed by atoms with Gasteiger partial charge in [-0.15, -0.1) is 0 Å². The van der Waals surface area contributed by atoms with Crippen LogP contribution < -0.4 is 5.32 Å². The summed E-state index contributed by atoms with van der Waals surface area (Å²) in [5.41, 5.74) is -0.401. The molecule has 4 nitrogen and oxygen atoms in total. The van der Waals surface area contributed by atoms with Crippen LogP contribution in [0.5, 0.6) is 0 Å². The van der Waals surface area contributed by atoms with Crippen molar-refractivity contribution < 1.29 is 9.53 Å². The Morgan fingerprint density at radius 2 is 1.59 bits per heavy atom. The minimum absolute atomic E-state index is 0.161. The fraction of sp³-hybridized carbons (Fsp3) is 0.941. The first kappa shape index (κ1) is 17.9. The number of hydrogen-bond acceptors (Lipinski definition) is 4. The second kappa shape index (κ2) is 7.91. The summed E-state index contributed by atoms with van der Waals surface area (Å²) < 4.78 is 5.45. The lowest BCUT2D eigenvalue weighted by molar-refractivity contribution is 0.0194. The van der Waals surface area contributed by atoms with E-state index in [-0.39, 0.29) is 6.09 Å². The van der Waals surface area contributed by atoms with Gasteiger partial charge in [-0.25, -0.2) is 4.79 Å². The van der Waals surface area contributed by atoms with Crippen LogP contribution in [0.25, 0.3) is 0 Å². The summed E-state index contributed by atoms with van der Waals surface area (Å²) in [5.74, 6) is 0. The molecule has 128 valence electrons. The smallest absolute Gasteiger partial charge is 0.410 e. The molecule has 1 heterocycles. The van der Waals surface area contributed by atoms with Crippen molar-refractivity contribution in [2.75, 3.05) is 19.3 Å². The van der Waals surface area contributed by atoms with E-state index < -0.39 is 5.60 Å². The second-order valence-corrected chi connectivity index (χ2v) is 8.76. The van der Waals surface area contributed by atoms with Crippen LogP contribution in [0.15, 0.2) is 0 Å². The average Bonchev–Trinajstić information content (AvgIpc) is 2.47. The fourth-order valence-electron chi connectivity index (χ4n) is 3.35. The molecule has 1 N–H and O–H groups in total. The molecular weight excluding hydrogens is 296 g/mol. The largest absolute Gasteiger partial charge is 0.444 e. The molecule has 0 atom stereocenters. The van der Waals surface area contributed by atoms with Crippen molar-refractivity contribution in [2.45, 2.75) is 82.2 Å². The Hall–Kier alpha value is -0.420. The Kier molecular flexibility index (Phi) is 6.45. The third-order valence-corrected chi connectivity index (χ3v) is 5.76. The van der Waals surface area contributed by atoms with E-state index in [2.05, 4.69) is 11.6 Å². The first-order valence-electron chi connectivity index (χ1n) is 8.64. The highest BCUT2D eigenvalue weighted by Crippen LogP contribution is 2.27. The van der Waals surface area contributed by atoms with Crippen molar-refractivity contribution in [3.8, 4) is 0 Å². The zero-order valence-electron chi connectivity index (χ0n) is 14.6. The van der Waals surface area contributed by atoms with E-state index in [9.17, 15) is 4.79 Å². The molecule has 2 rings (SSSR count). The van der Waals surface area contributed by atoms with Crippen LogP contribution in [0.1, 0.15) is 59.3 Å². The highest BCUT2D eigenvalue weighted by molar-refractivity contribution is 7.99. The molecule has 0 unspecified atom stereocenters. The number of piperidine rings is 1. The molecule has 0 spiro atoms. The van der Waals surface area contributed by atoms with Crippen molar-refractivity contribution >= 4 is 17.9 Å². The SMILES string of the molecule is CSC1CCC(NC2CCN(C(=O)OC(C)(C)C)CC2)CC1. The van der Waals surface area contributed by atoms with Crippen LogP contribution in [0.2, 0.25) is 0 Å². The first-order chi connectivity index (χ1) is 10.4. The standard InChI is InChI=1S/C17H32N2O2S/c1-17(2,3)21-16(20)19-11-9-14(10-12-19)18-13-5-7-15(22-4)8-6-13/h13-15,18H,5-12H2,1-4H3. The molecule has 0 bridgehead atoms. The lowest BCUT2D eigenvalue weighted by Crippen LogP contribution is -2.49. The highest BCUT2D eigenvalue weighted by Gasteiger charge is 2.28. The monoisotopic (exact) mass is 328 g/mol. The zero-order chi connectivity index (χ0) is 16.2. The summed E-state index contributed by atoms with van der Waals surface area (Å²) in [7, 11) is 0. The molecule has 1 saturated heterocycles. The minimum Gasteiger partial charge on any atom is -0.444 e. The summed E-state index contributed by atoms with van der Waals surface area (Å²) in [6.07, 6.45) is 9.45. The number of nitrogens with zero attached hydrogens (tertiary/aromatic N) is 1. The van der Waals surface area contributed by atoms with Crippen LogP contribution in [0.4, 0.5) is 4.79 Å². The van der Waals surface area contributed by atoms with Gasteiger partial charge in [0.1, 0.15) is 5.60 Å². The number of rotatable bonds is 3. The molecule has 0 aromatic heterocycles. The molecule has 2 fully saturated rings. The van der Waals surface area contributed by atoms with Gasteiger partial charge in [-0.2, -0.15) is 11.8 Å². The lowest BCUT2D eigenvalue weighted by atomic mass is 9.93. The van der Waals surface area contributed by atoms with Gasteiger partial charge in [0.15, 0.2) is 0 Å². The Morgan fingerprint density at radius 1 is 1.05 bits per heavy atom. The molecule has 0 radical (unpaired) electrons. The first-order valence-corrected chi connectivity index (χ1v) is 9.93. The number of thioether (sulfide) groups is 1. The summed E-state index contributed by atoms with van der Waals surface area (Å²) >= 11 is 2.02. The Bertz CT molecular complexity index is 354. The zero-order valence-corrected chi connectivity index (χ0v) is 15.4. The van der Waals surface area contributed by atoms with Crippen LogP contribution >= 0.6 is 11.8 Å². The van der Waals surface area contributed by atoms with Crippen molar-refractivity contribution in [1.82, 2.24) is 10.2 Å². The molecule has 0 aromatic carbocycles. The third-order valence-electron chi connectivity index (χ3n) is 4.63. The minimum atomic E-state index is -0.401. The summed E-state index contributed by atoms with van der Waals surface area (Å²) in [5, 5.41) is 4.69. The van der Waals surface area contributed by atoms with Crippen molar-refractivity contribution in [2.24, 2.45) is 0 Å². The molecule has 5 heteroatoms. The predicted octanol–water partition coefficient (Wildman–Crippen LogP) is 3.65. The molecular formula is C17H32N2O2S. The highest BCUT2D eigenvalue weighted by atomic mass is 32.2. The van der Waals surface area contributed by atoms with Gasteiger partial charge in [0.05, 0.1) is 0 Å². The number of amides is 1. The lowest BCUT2D eigenvalue weighted by Gasteiger charge is -2.37. The van der Waals surface area contributed by atoms with Gasteiger partial charge in [0.2, 0.25) is 0 Å². The fourth-order valence-corrected chi connectivity index (χ4v) is 4.10. The van der Waals surface area contributed by atoms with E-state index in [4.69, 9.17) is 4.74 Å². The molecule has 1 aliphatic carbocycles. The number of likely N-dealkylation sites (tertiary alicyclic amines) is 1. The quantitative estimate of drug-likeness (QED) is 0.858. The van der Waals surface area contributed by atoms with E-state index in [1.807, 2.05) is 37.4 Å². The van der Waals surface area contributed by atoms with Crippen LogP contribution in [-0.4, -0.2) is 53.3 Å². The number of nitrogens with one attached hydrogen (secondary N) is 1. The number of carbonyl (C=O) groups excluding carboxylic acids is 1. The van der Waals surface area contributed by atoms with Gasteiger partial charge in [-0.05, 0) is 65.6 Å². The predicted molar refractivity (Wildman–Crippen MR) is 93.5 cm³/mol. The molecule has 0 aromatic rings. The van der Waals surface area contributed by atoms with Crippen molar-refractivity contribution in [3.63, 3.8) is 0 Å². The van der Waals surface area contributed by atoms with Gasteiger partial charge in [-0.1, -0.05) is 0 Å². The molecule has 22 heavy (non-hydrogen) atoms. The van der Waals surface area contributed by atoms with Gasteiger partial charge < -0.3 is 15.0 Å².